The summed E-state index contributed by atoms with van der Waals surface area (Å²) in [4.78, 5) is 38.4. The van der Waals surface area contributed by atoms with Crippen LogP contribution < -0.4 is 0 Å². The molecule has 0 saturated carbocycles. The van der Waals surface area contributed by atoms with E-state index in [0.29, 0.717) is 25.3 Å². The average molecular weight is 419 g/mol. The maximum atomic E-state index is 13.3. The second-order valence-corrected chi connectivity index (χ2v) is 8.63. The molecule has 0 spiro atoms. The zero-order valence-corrected chi connectivity index (χ0v) is 17.2. The SMILES string of the molecule is O=C(c1cnccn1)N1CC[C@H]2[C@@H](C1)[C@H](c1ccsc1)CN2C(=O)c1ccccc1. The topological polar surface area (TPSA) is 66.4 Å². The lowest BCUT2D eigenvalue weighted by atomic mass is 9.82. The molecule has 2 amide bonds. The van der Waals surface area contributed by atoms with Crippen molar-refractivity contribution >= 4 is 23.2 Å². The number of aromatic nitrogens is 2. The van der Waals surface area contributed by atoms with E-state index < -0.39 is 0 Å². The molecule has 2 aliphatic heterocycles. The molecule has 4 heterocycles. The van der Waals surface area contributed by atoms with Gasteiger partial charge in [0.25, 0.3) is 11.8 Å². The van der Waals surface area contributed by atoms with Gasteiger partial charge in [0.15, 0.2) is 0 Å². The van der Waals surface area contributed by atoms with Crippen LogP contribution in [-0.4, -0.2) is 57.3 Å². The number of carbonyl (C=O) groups excluding carboxylic acids is 2. The van der Waals surface area contributed by atoms with Crippen LogP contribution in [0.25, 0.3) is 0 Å². The molecule has 0 N–H and O–H groups in total. The van der Waals surface area contributed by atoms with Crippen LogP contribution in [0.15, 0.2) is 65.7 Å². The summed E-state index contributed by atoms with van der Waals surface area (Å²) in [5.41, 5.74) is 2.35. The Morgan fingerprint density at radius 2 is 1.90 bits per heavy atom. The number of hydrogen-bond acceptors (Lipinski definition) is 5. The number of nitrogens with zero attached hydrogens (tertiary/aromatic N) is 4. The van der Waals surface area contributed by atoms with Gasteiger partial charge in [0.1, 0.15) is 5.69 Å². The summed E-state index contributed by atoms with van der Waals surface area (Å²) in [5, 5.41) is 4.25. The molecule has 2 aromatic heterocycles. The van der Waals surface area contributed by atoms with E-state index in [1.54, 1.807) is 23.7 Å². The molecule has 6 nitrogen and oxygen atoms in total. The Morgan fingerprint density at radius 3 is 2.63 bits per heavy atom. The third kappa shape index (κ3) is 3.39. The molecule has 3 atom stereocenters. The lowest BCUT2D eigenvalue weighted by molar-refractivity contribution is 0.0530. The van der Waals surface area contributed by atoms with Crippen LogP contribution in [0.4, 0.5) is 0 Å². The Morgan fingerprint density at radius 1 is 1.03 bits per heavy atom. The number of benzene rings is 1. The Bertz CT molecular complexity index is 1030. The van der Waals surface area contributed by atoms with Crippen LogP contribution in [0.1, 0.15) is 38.7 Å². The highest BCUT2D eigenvalue weighted by atomic mass is 32.1. The van der Waals surface area contributed by atoms with Gasteiger partial charge in [0, 0.05) is 55.5 Å². The fourth-order valence-corrected chi connectivity index (χ4v) is 5.53. The average Bonchev–Trinajstić information content (AvgIpc) is 3.47. The minimum absolute atomic E-state index is 0.0806. The molecule has 152 valence electrons. The molecule has 1 aromatic carbocycles. The highest BCUT2D eigenvalue weighted by Crippen LogP contribution is 2.42. The van der Waals surface area contributed by atoms with Crippen LogP contribution in [0, 0.1) is 5.92 Å². The van der Waals surface area contributed by atoms with Crippen molar-refractivity contribution < 1.29 is 9.59 Å². The largest absolute Gasteiger partial charge is 0.337 e. The van der Waals surface area contributed by atoms with Gasteiger partial charge < -0.3 is 9.80 Å². The molecule has 5 rings (SSSR count). The Hall–Kier alpha value is -3.06. The van der Waals surface area contributed by atoms with Crippen molar-refractivity contribution in [1.82, 2.24) is 19.8 Å². The fraction of sp³-hybridized carbons (Fsp3) is 0.304. The molecule has 0 unspecified atom stereocenters. The molecule has 30 heavy (non-hydrogen) atoms. The van der Waals surface area contributed by atoms with Gasteiger partial charge in [-0.15, -0.1) is 0 Å². The van der Waals surface area contributed by atoms with Gasteiger partial charge in [-0.25, -0.2) is 4.98 Å². The van der Waals surface area contributed by atoms with Crippen LogP contribution in [-0.2, 0) is 0 Å². The van der Waals surface area contributed by atoms with Gasteiger partial charge in [-0.05, 0) is 40.9 Å². The maximum absolute atomic E-state index is 13.3. The second kappa shape index (κ2) is 7.99. The van der Waals surface area contributed by atoms with Gasteiger partial charge in [-0.3, -0.25) is 14.6 Å². The lowest BCUT2D eigenvalue weighted by Gasteiger charge is -2.38. The van der Waals surface area contributed by atoms with E-state index in [0.717, 1.165) is 12.0 Å². The van der Waals surface area contributed by atoms with Crippen LogP contribution in [0.2, 0.25) is 0 Å². The smallest absolute Gasteiger partial charge is 0.274 e. The standard InChI is InChI=1S/C23H22N4O2S/c28-22(16-4-2-1-3-5-16)27-14-18(17-7-11-30-15-17)19-13-26(10-6-21(19)27)23(29)20-12-24-8-9-25-20/h1-5,7-9,11-12,15,18-19,21H,6,10,13-14H2/t18-,19-,21-/m0/s1. The molecule has 0 radical (unpaired) electrons. The predicted molar refractivity (Wildman–Crippen MR) is 114 cm³/mol. The van der Waals surface area contributed by atoms with E-state index in [9.17, 15) is 9.59 Å². The molecular formula is C23H22N4O2S. The predicted octanol–water partition coefficient (Wildman–Crippen LogP) is 3.31. The number of carbonyl (C=O) groups is 2. The second-order valence-electron chi connectivity index (χ2n) is 7.85. The summed E-state index contributed by atoms with van der Waals surface area (Å²) < 4.78 is 0. The molecule has 0 bridgehead atoms. The van der Waals surface area contributed by atoms with Gasteiger partial charge in [-0.1, -0.05) is 18.2 Å². The zero-order valence-electron chi connectivity index (χ0n) is 16.4. The van der Waals surface area contributed by atoms with Crippen molar-refractivity contribution in [3.63, 3.8) is 0 Å². The quantitative estimate of drug-likeness (QED) is 0.655. The first-order chi connectivity index (χ1) is 14.7. The van der Waals surface area contributed by atoms with E-state index in [1.807, 2.05) is 40.1 Å². The van der Waals surface area contributed by atoms with Crippen molar-refractivity contribution in [2.75, 3.05) is 19.6 Å². The van der Waals surface area contributed by atoms with Crippen molar-refractivity contribution in [1.29, 1.82) is 0 Å². The van der Waals surface area contributed by atoms with Crippen molar-refractivity contribution in [3.8, 4) is 0 Å². The van der Waals surface area contributed by atoms with Gasteiger partial charge in [0.05, 0.1) is 6.20 Å². The van der Waals surface area contributed by atoms with E-state index in [1.165, 1.54) is 11.8 Å². The number of rotatable bonds is 3. The Labute approximate surface area is 179 Å². The third-order valence-electron chi connectivity index (χ3n) is 6.25. The minimum Gasteiger partial charge on any atom is -0.337 e. The summed E-state index contributed by atoms with van der Waals surface area (Å²) >= 11 is 1.67. The van der Waals surface area contributed by atoms with Gasteiger partial charge in [0.2, 0.25) is 0 Å². The first-order valence-electron chi connectivity index (χ1n) is 10.2. The Kier molecular flexibility index (Phi) is 5.04. The number of hydrogen-bond donors (Lipinski definition) is 0. The van der Waals surface area contributed by atoms with Crippen LogP contribution in [0.3, 0.4) is 0 Å². The van der Waals surface area contributed by atoms with E-state index >= 15 is 0 Å². The molecule has 2 fully saturated rings. The summed E-state index contributed by atoms with van der Waals surface area (Å²) in [6.07, 6.45) is 5.41. The minimum atomic E-state index is -0.0848. The summed E-state index contributed by atoms with van der Waals surface area (Å²) in [5.74, 6) is 0.434. The highest BCUT2D eigenvalue weighted by Gasteiger charge is 2.48. The van der Waals surface area contributed by atoms with Gasteiger partial charge in [-0.2, -0.15) is 11.3 Å². The number of likely N-dealkylation sites (tertiary alicyclic amines) is 2. The van der Waals surface area contributed by atoms with Gasteiger partial charge >= 0.3 is 0 Å². The molecule has 3 aromatic rings. The maximum Gasteiger partial charge on any atom is 0.274 e. The Balaban J connectivity index is 1.42. The molecule has 2 aliphatic rings. The highest BCUT2D eigenvalue weighted by molar-refractivity contribution is 7.08. The first kappa shape index (κ1) is 18.9. The van der Waals surface area contributed by atoms with Crippen molar-refractivity contribution in [2.45, 2.75) is 18.4 Å². The van der Waals surface area contributed by atoms with Crippen LogP contribution >= 0.6 is 11.3 Å². The normalized spacial score (nSPS) is 23.3. The number of fused-ring (bicyclic) bond motifs is 1. The molecule has 2 saturated heterocycles. The first-order valence-corrected chi connectivity index (χ1v) is 11.1. The van der Waals surface area contributed by atoms with Crippen molar-refractivity contribution in [3.05, 3.63) is 82.6 Å². The van der Waals surface area contributed by atoms with Crippen LogP contribution in [0.5, 0.6) is 0 Å². The fourth-order valence-electron chi connectivity index (χ4n) is 4.81. The summed E-state index contributed by atoms with van der Waals surface area (Å²) in [6.45, 7) is 1.93. The molecular weight excluding hydrogens is 396 g/mol. The van der Waals surface area contributed by atoms with E-state index in [4.69, 9.17) is 0 Å². The molecule has 0 aliphatic carbocycles. The van der Waals surface area contributed by atoms with Crippen molar-refractivity contribution in [2.24, 2.45) is 5.92 Å². The number of amides is 2. The molecule has 7 heteroatoms. The monoisotopic (exact) mass is 418 g/mol. The number of thiophene rings is 1. The number of piperidine rings is 1. The summed E-state index contributed by atoms with van der Waals surface area (Å²) in [6, 6.07) is 11.8. The lowest BCUT2D eigenvalue weighted by Crippen LogP contribution is -2.49. The van der Waals surface area contributed by atoms with E-state index in [-0.39, 0.29) is 29.7 Å². The summed E-state index contributed by atoms with van der Waals surface area (Å²) in [7, 11) is 0. The third-order valence-corrected chi connectivity index (χ3v) is 6.95. The van der Waals surface area contributed by atoms with E-state index in [2.05, 4.69) is 26.8 Å². The zero-order chi connectivity index (χ0) is 20.5.